The fraction of sp³-hybridized carbons (Fsp3) is 0.190. The van der Waals surface area contributed by atoms with Crippen molar-refractivity contribution in [2.24, 2.45) is 0 Å². The molecule has 0 aliphatic rings. The molecule has 0 atom stereocenters. The molecule has 0 aliphatic heterocycles. The summed E-state index contributed by atoms with van der Waals surface area (Å²) in [6.45, 7) is 5.84. The Kier molecular flexibility index (Phi) is 5.00. The Labute approximate surface area is 166 Å². The second kappa shape index (κ2) is 7.59. The van der Waals surface area contributed by atoms with E-state index >= 15 is 0 Å². The zero-order valence-electron chi connectivity index (χ0n) is 15.8. The summed E-state index contributed by atoms with van der Waals surface area (Å²) in [6.07, 6.45) is 0. The highest BCUT2D eigenvalue weighted by Crippen LogP contribution is 2.32. The molecule has 2 aromatic heterocycles. The molecular weight excluding hydrogens is 375 g/mol. The minimum absolute atomic E-state index is 0.328. The van der Waals surface area contributed by atoms with E-state index in [-0.39, 0.29) is 5.82 Å². The summed E-state index contributed by atoms with van der Waals surface area (Å²) < 4.78 is 21.6. The second-order valence-electron chi connectivity index (χ2n) is 6.55. The Balaban J connectivity index is 1.78. The third-order valence-corrected chi connectivity index (χ3v) is 5.52. The Bertz CT molecular complexity index is 1100. The van der Waals surface area contributed by atoms with Gasteiger partial charge in [-0.2, -0.15) is 0 Å². The zero-order valence-corrected chi connectivity index (χ0v) is 16.6. The monoisotopic (exact) mass is 394 g/mol. The third-order valence-electron chi connectivity index (χ3n) is 4.57. The van der Waals surface area contributed by atoms with E-state index in [4.69, 9.17) is 4.52 Å². The molecule has 4 rings (SSSR count). The van der Waals surface area contributed by atoms with Crippen LogP contribution in [0.2, 0.25) is 0 Å². The average molecular weight is 394 g/mol. The molecule has 0 N–H and O–H groups in total. The Morgan fingerprint density at radius 2 is 1.75 bits per heavy atom. The van der Waals surface area contributed by atoms with Gasteiger partial charge in [-0.15, -0.1) is 10.2 Å². The first-order valence-corrected chi connectivity index (χ1v) is 9.85. The summed E-state index contributed by atoms with van der Waals surface area (Å²) in [5.41, 5.74) is 4.35. The minimum atomic E-state index is -0.328. The highest BCUT2D eigenvalue weighted by atomic mass is 32.2. The van der Waals surface area contributed by atoms with Crippen molar-refractivity contribution in [2.75, 3.05) is 0 Å². The molecule has 2 aromatic carbocycles. The Morgan fingerprint density at radius 1 is 1.00 bits per heavy atom. The Hall–Kier alpha value is -2.93. The lowest BCUT2D eigenvalue weighted by Crippen LogP contribution is -2.01. The van der Waals surface area contributed by atoms with Crippen LogP contribution in [0.4, 0.5) is 4.39 Å². The zero-order chi connectivity index (χ0) is 19.7. The number of benzene rings is 2. The van der Waals surface area contributed by atoms with Gasteiger partial charge in [-0.1, -0.05) is 46.7 Å². The van der Waals surface area contributed by atoms with Gasteiger partial charge in [0.15, 0.2) is 11.0 Å². The molecule has 0 aliphatic carbocycles. The predicted octanol–water partition coefficient (Wildman–Crippen LogP) is 5.28. The van der Waals surface area contributed by atoms with Crippen molar-refractivity contribution >= 4 is 11.8 Å². The van der Waals surface area contributed by atoms with Gasteiger partial charge in [-0.05, 0) is 45.0 Å². The summed E-state index contributed by atoms with van der Waals surface area (Å²) in [7, 11) is 0. The maximum absolute atomic E-state index is 14.5. The highest BCUT2D eigenvalue weighted by molar-refractivity contribution is 7.98. The first-order valence-electron chi connectivity index (χ1n) is 8.86. The van der Waals surface area contributed by atoms with E-state index in [0.717, 1.165) is 28.3 Å². The van der Waals surface area contributed by atoms with Crippen LogP contribution in [0.25, 0.3) is 17.1 Å². The van der Waals surface area contributed by atoms with Crippen molar-refractivity contribution in [1.29, 1.82) is 0 Å². The SMILES string of the molecule is Cc1ccc(-n2c(SCc3c(C)noc3C)nnc2-c2ccccc2F)cc1. The summed E-state index contributed by atoms with van der Waals surface area (Å²) >= 11 is 1.52. The van der Waals surface area contributed by atoms with E-state index in [0.29, 0.717) is 22.3 Å². The average Bonchev–Trinajstić information content (AvgIpc) is 3.24. The topological polar surface area (TPSA) is 56.7 Å². The van der Waals surface area contributed by atoms with E-state index in [1.165, 1.54) is 17.8 Å². The predicted molar refractivity (Wildman–Crippen MR) is 107 cm³/mol. The quantitative estimate of drug-likeness (QED) is 0.431. The van der Waals surface area contributed by atoms with Gasteiger partial charge in [0.2, 0.25) is 0 Å². The van der Waals surface area contributed by atoms with Gasteiger partial charge in [0.1, 0.15) is 11.6 Å². The summed E-state index contributed by atoms with van der Waals surface area (Å²) in [4.78, 5) is 0. The number of hydrogen-bond acceptors (Lipinski definition) is 5. The van der Waals surface area contributed by atoms with E-state index in [2.05, 4.69) is 15.4 Å². The number of rotatable bonds is 5. The van der Waals surface area contributed by atoms with Gasteiger partial charge in [-0.3, -0.25) is 4.57 Å². The van der Waals surface area contributed by atoms with Crippen LogP contribution in [0.15, 0.2) is 58.2 Å². The van der Waals surface area contributed by atoms with E-state index < -0.39 is 0 Å². The first kappa shape index (κ1) is 18.4. The van der Waals surface area contributed by atoms with Gasteiger partial charge >= 0.3 is 0 Å². The van der Waals surface area contributed by atoms with Gasteiger partial charge in [0.25, 0.3) is 0 Å². The lowest BCUT2D eigenvalue weighted by molar-refractivity contribution is 0.392. The van der Waals surface area contributed by atoms with Crippen molar-refractivity contribution in [3.63, 3.8) is 0 Å². The fourth-order valence-corrected chi connectivity index (χ4v) is 4.06. The molecule has 142 valence electrons. The van der Waals surface area contributed by atoms with Crippen LogP contribution >= 0.6 is 11.8 Å². The van der Waals surface area contributed by atoms with Crippen molar-refractivity contribution in [1.82, 2.24) is 19.9 Å². The van der Waals surface area contributed by atoms with Crippen molar-refractivity contribution < 1.29 is 8.91 Å². The van der Waals surface area contributed by atoms with E-state index in [9.17, 15) is 4.39 Å². The maximum atomic E-state index is 14.5. The maximum Gasteiger partial charge on any atom is 0.196 e. The molecule has 0 amide bonds. The molecule has 0 radical (unpaired) electrons. The number of thioether (sulfide) groups is 1. The molecule has 28 heavy (non-hydrogen) atoms. The van der Waals surface area contributed by atoms with E-state index in [1.54, 1.807) is 18.2 Å². The lowest BCUT2D eigenvalue weighted by atomic mass is 10.2. The number of hydrogen-bond donors (Lipinski definition) is 0. The second-order valence-corrected chi connectivity index (χ2v) is 7.49. The standard InChI is InChI=1S/C21H19FN4OS/c1-13-8-10-16(11-9-13)26-20(17-6-4-5-7-19(17)22)23-24-21(26)28-12-18-14(2)25-27-15(18)3/h4-11H,12H2,1-3H3. The molecule has 0 bridgehead atoms. The Morgan fingerprint density at radius 3 is 2.43 bits per heavy atom. The molecule has 5 nitrogen and oxygen atoms in total. The normalized spacial score (nSPS) is 11.1. The van der Waals surface area contributed by atoms with Crippen LogP contribution in [0.5, 0.6) is 0 Å². The molecular formula is C21H19FN4OS. The third kappa shape index (κ3) is 3.45. The number of aryl methyl sites for hydroxylation is 3. The fourth-order valence-electron chi connectivity index (χ4n) is 2.95. The van der Waals surface area contributed by atoms with Gasteiger partial charge in [-0.25, -0.2) is 4.39 Å². The first-order chi connectivity index (χ1) is 13.5. The largest absolute Gasteiger partial charge is 0.361 e. The molecule has 4 aromatic rings. The molecule has 0 spiro atoms. The van der Waals surface area contributed by atoms with Gasteiger partial charge < -0.3 is 4.52 Å². The number of nitrogens with zero attached hydrogens (tertiary/aromatic N) is 4. The van der Waals surface area contributed by atoms with Crippen LogP contribution in [-0.2, 0) is 5.75 Å². The highest BCUT2D eigenvalue weighted by Gasteiger charge is 2.19. The lowest BCUT2D eigenvalue weighted by Gasteiger charge is -2.11. The van der Waals surface area contributed by atoms with E-state index in [1.807, 2.05) is 49.6 Å². The number of halogens is 1. The van der Waals surface area contributed by atoms with Crippen LogP contribution < -0.4 is 0 Å². The van der Waals surface area contributed by atoms with Crippen molar-refractivity contribution in [2.45, 2.75) is 31.7 Å². The minimum Gasteiger partial charge on any atom is -0.361 e. The molecule has 2 heterocycles. The van der Waals surface area contributed by atoms with Crippen LogP contribution in [0.3, 0.4) is 0 Å². The molecule has 0 fully saturated rings. The van der Waals surface area contributed by atoms with Gasteiger partial charge in [0, 0.05) is 17.0 Å². The van der Waals surface area contributed by atoms with Crippen LogP contribution in [0, 0.1) is 26.6 Å². The number of aromatic nitrogens is 4. The summed E-state index contributed by atoms with van der Waals surface area (Å²) in [5, 5.41) is 13.3. The smallest absolute Gasteiger partial charge is 0.196 e. The van der Waals surface area contributed by atoms with Crippen LogP contribution in [0.1, 0.15) is 22.6 Å². The van der Waals surface area contributed by atoms with Crippen LogP contribution in [-0.4, -0.2) is 19.9 Å². The molecule has 0 saturated heterocycles. The van der Waals surface area contributed by atoms with Crippen molar-refractivity contribution in [3.05, 3.63) is 76.9 Å². The van der Waals surface area contributed by atoms with Crippen molar-refractivity contribution in [3.8, 4) is 17.1 Å². The molecule has 7 heteroatoms. The molecule has 0 unspecified atom stereocenters. The summed E-state index contributed by atoms with van der Waals surface area (Å²) in [5.74, 6) is 1.58. The molecule has 0 saturated carbocycles. The van der Waals surface area contributed by atoms with Gasteiger partial charge in [0.05, 0.1) is 11.3 Å². The summed E-state index contributed by atoms with van der Waals surface area (Å²) in [6, 6.07) is 14.6.